The predicted octanol–water partition coefficient (Wildman–Crippen LogP) is 2.69. The first-order valence-electron chi connectivity index (χ1n) is 8.92. The number of rotatable bonds is 1. The molecular formula is C17H30N2O3. The van der Waals surface area contributed by atoms with Crippen molar-refractivity contribution >= 4 is 6.03 Å². The lowest BCUT2D eigenvalue weighted by Gasteiger charge is -2.44. The monoisotopic (exact) mass is 310 g/mol. The molecule has 22 heavy (non-hydrogen) atoms. The van der Waals surface area contributed by atoms with Crippen LogP contribution in [0.15, 0.2) is 0 Å². The Morgan fingerprint density at radius 2 is 1.95 bits per heavy atom. The summed E-state index contributed by atoms with van der Waals surface area (Å²) in [6.45, 7) is 6.20. The van der Waals surface area contributed by atoms with Gasteiger partial charge < -0.3 is 19.7 Å². The molecule has 0 radical (unpaired) electrons. The van der Waals surface area contributed by atoms with Gasteiger partial charge >= 0.3 is 6.03 Å². The summed E-state index contributed by atoms with van der Waals surface area (Å²) in [6.07, 6.45) is 8.19. The fourth-order valence-corrected chi connectivity index (χ4v) is 4.17. The third-order valence-electron chi connectivity index (χ3n) is 5.73. The smallest absolute Gasteiger partial charge is 0.318 e. The van der Waals surface area contributed by atoms with E-state index in [0.29, 0.717) is 13.2 Å². The third kappa shape index (κ3) is 3.40. The Kier molecular flexibility index (Phi) is 4.93. The van der Waals surface area contributed by atoms with Gasteiger partial charge in [-0.2, -0.15) is 0 Å². The van der Waals surface area contributed by atoms with Gasteiger partial charge in [-0.3, -0.25) is 0 Å². The fourth-order valence-electron chi connectivity index (χ4n) is 4.17. The lowest BCUT2D eigenvalue weighted by molar-refractivity contribution is -0.108. The molecule has 2 aliphatic heterocycles. The number of nitrogens with zero attached hydrogens (tertiary/aromatic N) is 1. The van der Waals surface area contributed by atoms with E-state index >= 15 is 0 Å². The highest BCUT2D eigenvalue weighted by molar-refractivity contribution is 5.75. The van der Waals surface area contributed by atoms with Crippen LogP contribution in [0.5, 0.6) is 0 Å². The molecule has 1 spiro atoms. The van der Waals surface area contributed by atoms with Crippen LogP contribution in [-0.2, 0) is 9.47 Å². The van der Waals surface area contributed by atoms with Crippen molar-refractivity contribution in [2.24, 2.45) is 0 Å². The predicted molar refractivity (Wildman–Crippen MR) is 84.9 cm³/mol. The van der Waals surface area contributed by atoms with Crippen LogP contribution in [0, 0.1) is 0 Å². The number of urea groups is 1. The highest BCUT2D eigenvalue weighted by atomic mass is 16.5. The Morgan fingerprint density at radius 1 is 1.18 bits per heavy atom. The van der Waals surface area contributed by atoms with Gasteiger partial charge in [-0.1, -0.05) is 19.3 Å². The number of carbonyl (C=O) groups is 1. The minimum Gasteiger partial charge on any atom is -0.375 e. The Balaban J connectivity index is 1.56. The molecule has 0 aromatic carbocycles. The summed E-state index contributed by atoms with van der Waals surface area (Å²) in [5, 5.41) is 3.26. The molecule has 1 N–H and O–H groups in total. The largest absolute Gasteiger partial charge is 0.375 e. The molecule has 0 aromatic heterocycles. The summed E-state index contributed by atoms with van der Waals surface area (Å²) in [5.74, 6) is 0. The molecule has 3 atom stereocenters. The van der Waals surface area contributed by atoms with Gasteiger partial charge in [0.25, 0.3) is 0 Å². The second-order valence-corrected chi connectivity index (χ2v) is 7.24. The first kappa shape index (κ1) is 16.1. The Bertz CT molecular complexity index is 390. The number of carbonyl (C=O) groups excluding carboxylic acids is 1. The van der Waals surface area contributed by atoms with Crippen LogP contribution < -0.4 is 5.32 Å². The molecule has 1 saturated carbocycles. The van der Waals surface area contributed by atoms with Crippen molar-refractivity contribution in [3.8, 4) is 0 Å². The summed E-state index contributed by atoms with van der Waals surface area (Å²) in [7, 11) is 0. The summed E-state index contributed by atoms with van der Waals surface area (Å²) < 4.78 is 11.7. The molecule has 0 aromatic rings. The highest BCUT2D eigenvalue weighted by Gasteiger charge is 2.39. The molecule has 5 heteroatoms. The molecule has 0 bridgehead atoms. The molecule has 3 unspecified atom stereocenters. The molecule has 2 heterocycles. The van der Waals surface area contributed by atoms with Crippen LogP contribution in [-0.4, -0.2) is 54.5 Å². The molecule has 3 rings (SSSR count). The maximum atomic E-state index is 12.6. The molecule has 2 saturated heterocycles. The number of hydrogen-bond acceptors (Lipinski definition) is 3. The van der Waals surface area contributed by atoms with Gasteiger partial charge in [0.05, 0.1) is 24.4 Å². The van der Waals surface area contributed by atoms with Gasteiger partial charge in [0, 0.05) is 19.2 Å². The third-order valence-corrected chi connectivity index (χ3v) is 5.73. The Morgan fingerprint density at radius 3 is 2.73 bits per heavy atom. The number of morpholine rings is 1. The zero-order chi connectivity index (χ0) is 15.6. The second kappa shape index (κ2) is 6.75. The lowest BCUT2D eigenvalue weighted by atomic mass is 9.78. The van der Waals surface area contributed by atoms with Gasteiger partial charge in [0.1, 0.15) is 0 Å². The van der Waals surface area contributed by atoms with E-state index in [0.717, 1.165) is 32.3 Å². The molecule has 2 amide bonds. The molecular weight excluding hydrogens is 280 g/mol. The van der Waals surface area contributed by atoms with Crippen molar-refractivity contribution in [1.82, 2.24) is 10.2 Å². The van der Waals surface area contributed by atoms with Crippen molar-refractivity contribution in [3.63, 3.8) is 0 Å². The summed E-state index contributed by atoms with van der Waals surface area (Å²) in [4.78, 5) is 14.5. The van der Waals surface area contributed by atoms with Crippen molar-refractivity contribution in [2.45, 2.75) is 82.6 Å². The quantitative estimate of drug-likeness (QED) is 0.810. The van der Waals surface area contributed by atoms with E-state index in [-0.39, 0.29) is 29.8 Å². The van der Waals surface area contributed by atoms with E-state index in [1.807, 2.05) is 11.8 Å². The lowest BCUT2D eigenvalue weighted by Crippen LogP contribution is -2.58. The van der Waals surface area contributed by atoms with E-state index < -0.39 is 0 Å². The summed E-state index contributed by atoms with van der Waals surface area (Å²) in [6, 6.07) is 0.461. The van der Waals surface area contributed by atoms with Crippen LogP contribution in [0.1, 0.15) is 58.8 Å². The number of hydrogen-bond donors (Lipinski definition) is 1. The standard InChI is InChI=1S/C17H30N2O3/c1-13-14(2)21-11-9-19(13)16(20)18-15-6-10-22-17(12-15)7-4-3-5-8-17/h13-15H,3-12H2,1-2H3,(H,18,20). The van der Waals surface area contributed by atoms with Crippen molar-refractivity contribution in [2.75, 3.05) is 19.8 Å². The van der Waals surface area contributed by atoms with Crippen LogP contribution in [0.2, 0.25) is 0 Å². The average molecular weight is 310 g/mol. The molecule has 126 valence electrons. The Labute approximate surface area is 133 Å². The Hall–Kier alpha value is -0.810. The first-order valence-corrected chi connectivity index (χ1v) is 8.92. The summed E-state index contributed by atoms with van der Waals surface area (Å²) >= 11 is 0. The molecule has 1 aliphatic carbocycles. The zero-order valence-electron chi connectivity index (χ0n) is 14.0. The summed E-state index contributed by atoms with van der Waals surface area (Å²) in [5.41, 5.74) is 0.0400. The van der Waals surface area contributed by atoms with E-state index in [4.69, 9.17) is 9.47 Å². The molecule has 5 nitrogen and oxygen atoms in total. The topological polar surface area (TPSA) is 50.8 Å². The van der Waals surface area contributed by atoms with E-state index in [1.54, 1.807) is 0 Å². The minimum absolute atomic E-state index is 0.0400. The number of nitrogens with one attached hydrogen (secondary N) is 1. The van der Waals surface area contributed by atoms with Crippen LogP contribution in [0.25, 0.3) is 0 Å². The first-order chi connectivity index (χ1) is 10.6. The van der Waals surface area contributed by atoms with Crippen molar-refractivity contribution in [1.29, 1.82) is 0 Å². The molecule has 3 aliphatic rings. The number of ether oxygens (including phenoxy) is 2. The average Bonchev–Trinajstić information content (AvgIpc) is 2.51. The highest BCUT2D eigenvalue weighted by Crippen LogP contribution is 2.38. The van der Waals surface area contributed by atoms with Crippen molar-refractivity contribution < 1.29 is 14.3 Å². The van der Waals surface area contributed by atoms with Crippen molar-refractivity contribution in [3.05, 3.63) is 0 Å². The van der Waals surface area contributed by atoms with Gasteiger partial charge in [-0.15, -0.1) is 0 Å². The normalized spacial score (nSPS) is 35.4. The van der Waals surface area contributed by atoms with E-state index in [1.165, 1.54) is 19.3 Å². The number of amides is 2. The van der Waals surface area contributed by atoms with E-state index in [2.05, 4.69) is 12.2 Å². The SMILES string of the molecule is CC1OCCN(C(=O)NC2CCOC3(CCCCC3)C2)C1C. The maximum absolute atomic E-state index is 12.6. The van der Waals surface area contributed by atoms with Gasteiger partial charge in [-0.05, 0) is 39.5 Å². The van der Waals surface area contributed by atoms with Gasteiger partial charge in [0.15, 0.2) is 0 Å². The minimum atomic E-state index is 0.0400. The van der Waals surface area contributed by atoms with Crippen LogP contribution in [0.3, 0.4) is 0 Å². The fraction of sp³-hybridized carbons (Fsp3) is 0.941. The van der Waals surface area contributed by atoms with Crippen LogP contribution >= 0.6 is 0 Å². The second-order valence-electron chi connectivity index (χ2n) is 7.24. The van der Waals surface area contributed by atoms with Gasteiger partial charge in [0.2, 0.25) is 0 Å². The maximum Gasteiger partial charge on any atom is 0.318 e. The van der Waals surface area contributed by atoms with E-state index in [9.17, 15) is 4.79 Å². The van der Waals surface area contributed by atoms with Crippen LogP contribution in [0.4, 0.5) is 4.79 Å². The molecule has 3 fully saturated rings. The zero-order valence-corrected chi connectivity index (χ0v) is 14.0. The van der Waals surface area contributed by atoms with Gasteiger partial charge in [-0.25, -0.2) is 4.79 Å².